The van der Waals surface area contributed by atoms with Crippen molar-refractivity contribution < 1.29 is 14.6 Å². The minimum Gasteiger partial charge on any atom is -0.481 e. The van der Waals surface area contributed by atoms with Gasteiger partial charge < -0.3 is 9.84 Å². The van der Waals surface area contributed by atoms with Gasteiger partial charge in [-0.15, -0.1) is 0 Å². The lowest BCUT2D eigenvalue weighted by Crippen LogP contribution is -2.25. The van der Waals surface area contributed by atoms with Crippen LogP contribution in [0.15, 0.2) is 0 Å². The molecule has 0 aliphatic heterocycles. The third-order valence-electron chi connectivity index (χ3n) is 3.05. The van der Waals surface area contributed by atoms with Crippen LogP contribution >= 0.6 is 0 Å². The Balaban J connectivity index is 2.52. The topological polar surface area (TPSA) is 46.5 Å². The Morgan fingerprint density at radius 1 is 1.62 bits per heavy atom. The van der Waals surface area contributed by atoms with Crippen molar-refractivity contribution >= 4 is 5.97 Å². The highest BCUT2D eigenvalue weighted by atomic mass is 16.5. The Kier molecular flexibility index (Phi) is 3.72. The van der Waals surface area contributed by atoms with Crippen molar-refractivity contribution in [3.05, 3.63) is 0 Å². The molecule has 3 nitrogen and oxygen atoms in total. The number of aliphatic carboxylic acids is 1. The van der Waals surface area contributed by atoms with Crippen LogP contribution in [0.3, 0.4) is 0 Å². The van der Waals surface area contributed by atoms with E-state index < -0.39 is 5.97 Å². The molecule has 0 saturated heterocycles. The quantitative estimate of drug-likeness (QED) is 0.727. The number of ether oxygens (including phenoxy) is 1. The average Bonchev–Trinajstić information content (AvgIpc) is 2.52. The molecule has 13 heavy (non-hydrogen) atoms. The number of carboxylic acids is 1. The van der Waals surface area contributed by atoms with Crippen molar-refractivity contribution in [1.82, 2.24) is 0 Å². The maximum atomic E-state index is 10.9. The van der Waals surface area contributed by atoms with Gasteiger partial charge in [0, 0.05) is 13.7 Å². The van der Waals surface area contributed by atoms with Crippen LogP contribution in [0, 0.1) is 17.8 Å². The van der Waals surface area contributed by atoms with E-state index in [1.807, 2.05) is 0 Å². The molecule has 76 valence electrons. The van der Waals surface area contributed by atoms with Crippen molar-refractivity contribution in [2.45, 2.75) is 26.2 Å². The summed E-state index contributed by atoms with van der Waals surface area (Å²) in [6, 6.07) is 0. The highest BCUT2D eigenvalue weighted by molar-refractivity contribution is 5.70. The van der Waals surface area contributed by atoms with E-state index in [1.165, 1.54) is 0 Å². The van der Waals surface area contributed by atoms with Gasteiger partial charge in [-0.1, -0.05) is 13.3 Å². The molecule has 3 heteroatoms. The van der Waals surface area contributed by atoms with Crippen LogP contribution in [0.25, 0.3) is 0 Å². The molecule has 0 amide bonds. The van der Waals surface area contributed by atoms with Gasteiger partial charge in [-0.05, 0) is 24.7 Å². The third kappa shape index (κ3) is 2.44. The van der Waals surface area contributed by atoms with E-state index in [-0.39, 0.29) is 5.92 Å². The third-order valence-corrected chi connectivity index (χ3v) is 3.05. The first-order valence-electron chi connectivity index (χ1n) is 4.88. The first-order chi connectivity index (χ1) is 6.16. The maximum absolute atomic E-state index is 10.9. The number of hydrogen-bond acceptors (Lipinski definition) is 2. The second-order valence-electron chi connectivity index (χ2n) is 3.97. The minimum atomic E-state index is -0.634. The van der Waals surface area contributed by atoms with Crippen LogP contribution in [0.5, 0.6) is 0 Å². The zero-order valence-electron chi connectivity index (χ0n) is 8.32. The zero-order valence-corrected chi connectivity index (χ0v) is 8.32. The summed E-state index contributed by atoms with van der Waals surface area (Å²) in [5.74, 6) is -0.0818. The lowest BCUT2D eigenvalue weighted by atomic mass is 9.85. The SMILES string of the molecule is COCC(C)C1CCCC1C(=O)O. The fourth-order valence-corrected chi connectivity index (χ4v) is 2.36. The zero-order chi connectivity index (χ0) is 9.84. The molecule has 0 spiro atoms. The van der Waals surface area contributed by atoms with Crippen LogP contribution in [-0.2, 0) is 9.53 Å². The summed E-state index contributed by atoms with van der Waals surface area (Å²) in [6.07, 6.45) is 2.94. The van der Waals surface area contributed by atoms with Gasteiger partial charge in [0.05, 0.1) is 5.92 Å². The van der Waals surface area contributed by atoms with Crippen molar-refractivity contribution in [3.63, 3.8) is 0 Å². The molecule has 0 aromatic carbocycles. The fourth-order valence-electron chi connectivity index (χ4n) is 2.36. The summed E-state index contributed by atoms with van der Waals surface area (Å²) < 4.78 is 5.05. The van der Waals surface area contributed by atoms with Gasteiger partial charge in [0.15, 0.2) is 0 Å². The molecule has 0 aromatic rings. The highest BCUT2D eigenvalue weighted by Crippen LogP contribution is 2.37. The van der Waals surface area contributed by atoms with Gasteiger partial charge in [-0.3, -0.25) is 4.79 Å². The molecule has 1 rings (SSSR count). The van der Waals surface area contributed by atoms with Crippen molar-refractivity contribution in [2.75, 3.05) is 13.7 Å². The lowest BCUT2D eigenvalue weighted by molar-refractivity contribution is -0.143. The molecule has 0 aromatic heterocycles. The predicted octanol–water partition coefficient (Wildman–Crippen LogP) is 1.77. The highest BCUT2D eigenvalue weighted by Gasteiger charge is 2.35. The Labute approximate surface area is 79.1 Å². The number of carbonyl (C=O) groups is 1. The molecule has 0 bridgehead atoms. The summed E-state index contributed by atoms with van der Waals surface area (Å²) >= 11 is 0. The van der Waals surface area contributed by atoms with Crippen LogP contribution < -0.4 is 0 Å². The predicted molar refractivity (Wildman–Crippen MR) is 49.5 cm³/mol. The molecule has 0 heterocycles. The molecule has 1 fully saturated rings. The van der Waals surface area contributed by atoms with Gasteiger partial charge in [0.2, 0.25) is 0 Å². The summed E-state index contributed by atoms with van der Waals surface area (Å²) in [5.41, 5.74) is 0. The van der Waals surface area contributed by atoms with Crippen molar-refractivity contribution in [3.8, 4) is 0 Å². The molecule has 3 unspecified atom stereocenters. The molecular weight excluding hydrogens is 168 g/mol. The van der Waals surface area contributed by atoms with Crippen molar-refractivity contribution in [2.24, 2.45) is 17.8 Å². The van der Waals surface area contributed by atoms with Gasteiger partial charge in [-0.2, -0.15) is 0 Å². The average molecular weight is 186 g/mol. The Bertz CT molecular complexity index is 179. The molecule has 1 N–H and O–H groups in total. The van der Waals surface area contributed by atoms with Crippen molar-refractivity contribution in [1.29, 1.82) is 0 Å². The van der Waals surface area contributed by atoms with E-state index in [1.54, 1.807) is 7.11 Å². The number of hydrogen-bond donors (Lipinski definition) is 1. The minimum absolute atomic E-state index is 0.134. The smallest absolute Gasteiger partial charge is 0.306 e. The normalized spacial score (nSPS) is 30.3. The molecule has 3 atom stereocenters. The standard InChI is InChI=1S/C10H18O3/c1-7(6-13-2)8-4-3-5-9(8)10(11)12/h7-9H,3-6H2,1-2H3,(H,11,12). The van der Waals surface area contributed by atoms with Crippen LogP contribution in [-0.4, -0.2) is 24.8 Å². The maximum Gasteiger partial charge on any atom is 0.306 e. The number of methoxy groups -OCH3 is 1. The monoisotopic (exact) mass is 186 g/mol. The number of rotatable bonds is 4. The Hall–Kier alpha value is -0.570. The summed E-state index contributed by atoms with van der Waals surface area (Å²) in [4.78, 5) is 10.9. The molecule has 1 saturated carbocycles. The lowest BCUT2D eigenvalue weighted by Gasteiger charge is -2.22. The van der Waals surface area contributed by atoms with Crippen LogP contribution in [0.4, 0.5) is 0 Å². The van der Waals surface area contributed by atoms with Gasteiger partial charge in [-0.25, -0.2) is 0 Å². The van der Waals surface area contributed by atoms with E-state index in [0.717, 1.165) is 19.3 Å². The number of carboxylic acid groups (broad SMARTS) is 1. The summed E-state index contributed by atoms with van der Waals surface area (Å²) in [6.45, 7) is 2.75. The second-order valence-corrected chi connectivity index (χ2v) is 3.97. The Morgan fingerprint density at radius 2 is 2.31 bits per heavy atom. The van der Waals surface area contributed by atoms with E-state index in [2.05, 4.69) is 6.92 Å². The molecule has 0 radical (unpaired) electrons. The molecule has 1 aliphatic carbocycles. The molecule has 1 aliphatic rings. The van der Waals surface area contributed by atoms with E-state index in [9.17, 15) is 4.79 Å². The Morgan fingerprint density at radius 3 is 2.85 bits per heavy atom. The van der Waals surface area contributed by atoms with Gasteiger partial charge in [0.25, 0.3) is 0 Å². The summed E-state index contributed by atoms with van der Waals surface area (Å²) in [5, 5.41) is 8.96. The van der Waals surface area contributed by atoms with E-state index >= 15 is 0 Å². The molecular formula is C10H18O3. The largest absolute Gasteiger partial charge is 0.481 e. The van der Waals surface area contributed by atoms with Crippen LogP contribution in [0.2, 0.25) is 0 Å². The van der Waals surface area contributed by atoms with Crippen LogP contribution in [0.1, 0.15) is 26.2 Å². The first-order valence-corrected chi connectivity index (χ1v) is 4.88. The first kappa shape index (κ1) is 10.5. The second kappa shape index (κ2) is 4.61. The fraction of sp³-hybridized carbons (Fsp3) is 0.900. The van der Waals surface area contributed by atoms with Gasteiger partial charge >= 0.3 is 5.97 Å². The summed E-state index contributed by atoms with van der Waals surface area (Å²) in [7, 11) is 1.67. The van der Waals surface area contributed by atoms with E-state index in [0.29, 0.717) is 18.4 Å². The van der Waals surface area contributed by atoms with E-state index in [4.69, 9.17) is 9.84 Å². The van der Waals surface area contributed by atoms with Gasteiger partial charge in [0.1, 0.15) is 0 Å².